The van der Waals surface area contributed by atoms with E-state index in [0.29, 0.717) is 13.2 Å². The number of aryl methyl sites for hydroxylation is 2. The predicted molar refractivity (Wildman–Crippen MR) is 104 cm³/mol. The molecule has 3 rings (SSSR count). The van der Waals surface area contributed by atoms with Gasteiger partial charge in [-0.2, -0.15) is 0 Å². The van der Waals surface area contributed by atoms with Gasteiger partial charge in [-0.05, 0) is 62.4 Å². The van der Waals surface area contributed by atoms with Gasteiger partial charge < -0.3 is 9.47 Å². The van der Waals surface area contributed by atoms with Crippen molar-refractivity contribution in [2.75, 3.05) is 13.2 Å². The summed E-state index contributed by atoms with van der Waals surface area (Å²) in [6, 6.07) is 13.9. The summed E-state index contributed by atoms with van der Waals surface area (Å²) in [4.78, 5) is 0. The first-order valence-electron chi connectivity index (χ1n) is 8.93. The Hall–Kier alpha value is -2.01. The minimum absolute atomic E-state index is 0.0823. The molecule has 0 unspecified atom stereocenters. The average molecular weight is 375 g/mol. The lowest BCUT2D eigenvalue weighted by Crippen LogP contribution is -2.29. The van der Waals surface area contributed by atoms with Crippen LogP contribution >= 0.6 is 0 Å². The fraction of sp³-hybridized carbons (Fsp3) is 0.429. The highest BCUT2D eigenvalue weighted by molar-refractivity contribution is 7.91. The van der Waals surface area contributed by atoms with Crippen LogP contribution in [0.15, 0.2) is 42.5 Å². The van der Waals surface area contributed by atoms with Crippen molar-refractivity contribution in [3.05, 3.63) is 59.2 Å². The van der Waals surface area contributed by atoms with Gasteiger partial charge in [-0.3, -0.25) is 0 Å². The van der Waals surface area contributed by atoms with E-state index in [-0.39, 0.29) is 5.75 Å². The predicted octanol–water partition coefficient (Wildman–Crippen LogP) is 3.96. The van der Waals surface area contributed by atoms with Crippen LogP contribution in [0.2, 0.25) is 0 Å². The number of rotatable bonds is 5. The van der Waals surface area contributed by atoms with Crippen LogP contribution in [0.3, 0.4) is 0 Å². The van der Waals surface area contributed by atoms with Crippen molar-refractivity contribution >= 4 is 9.84 Å². The summed E-state index contributed by atoms with van der Waals surface area (Å²) in [6.45, 7) is 6.41. The highest BCUT2D eigenvalue weighted by Crippen LogP contribution is 2.31. The van der Waals surface area contributed by atoms with E-state index in [0.717, 1.165) is 29.9 Å². The van der Waals surface area contributed by atoms with E-state index in [4.69, 9.17) is 9.47 Å². The molecular formula is C21H26O4S. The molecular weight excluding hydrogens is 348 g/mol. The maximum Gasteiger partial charge on any atom is 0.161 e. The molecule has 140 valence electrons. The number of hydrogen-bond acceptors (Lipinski definition) is 4. The quantitative estimate of drug-likeness (QED) is 0.795. The Kier molecular flexibility index (Phi) is 5.28. The van der Waals surface area contributed by atoms with Crippen LogP contribution in [-0.2, 0) is 28.4 Å². The summed E-state index contributed by atoms with van der Waals surface area (Å²) in [6.07, 6.45) is 1.79. The summed E-state index contributed by atoms with van der Waals surface area (Å²) in [7, 11) is -3.15. The van der Waals surface area contributed by atoms with Gasteiger partial charge in [0, 0.05) is 0 Å². The molecule has 0 amide bonds. The molecule has 0 atom stereocenters. The van der Waals surface area contributed by atoms with Crippen LogP contribution in [0.5, 0.6) is 11.5 Å². The first kappa shape index (κ1) is 18.8. The molecule has 1 heterocycles. The van der Waals surface area contributed by atoms with Gasteiger partial charge >= 0.3 is 0 Å². The van der Waals surface area contributed by atoms with Crippen LogP contribution in [0.25, 0.3) is 0 Å². The third-order valence-corrected chi connectivity index (χ3v) is 7.20. The Bertz CT molecular complexity index is 862. The van der Waals surface area contributed by atoms with Gasteiger partial charge in [0.2, 0.25) is 0 Å². The van der Waals surface area contributed by atoms with Crippen molar-refractivity contribution in [3.8, 4) is 11.5 Å². The second kappa shape index (κ2) is 7.31. The number of hydrogen-bond donors (Lipinski definition) is 0. The molecule has 0 fully saturated rings. The van der Waals surface area contributed by atoms with Crippen LogP contribution in [0, 0.1) is 0 Å². The summed E-state index contributed by atoms with van der Waals surface area (Å²) in [5.74, 6) is 1.71. The van der Waals surface area contributed by atoms with Crippen LogP contribution in [0.1, 0.15) is 37.5 Å². The second-order valence-electron chi connectivity index (χ2n) is 7.67. The van der Waals surface area contributed by atoms with Gasteiger partial charge in [0.05, 0.1) is 10.5 Å². The van der Waals surface area contributed by atoms with E-state index < -0.39 is 14.6 Å². The topological polar surface area (TPSA) is 52.6 Å². The zero-order valence-corrected chi connectivity index (χ0v) is 16.4. The van der Waals surface area contributed by atoms with Gasteiger partial charge in [0.1, 0.15) is 13.2 Å². The lowest BCUT2D eigenvalue weighted by molar-refractivity contribution is 0.171. The van der Waals surface area contributed by atoms with E-state index in [1.54, 1.807) is 20.8 Å². The van der Waals surface area contributed by atoms with Crippen LogP contribution in [0.4, 0.5) is 0 Å². The average Bonchev–Trinajstić information content (AvgIpc) is 2.60. The molecule has 0 aliphatic carbocycles. The van der Waals surface area contributed by atoms with E-state index in [2.05, 4.69) is 6.07 Å². The first-order chi connectivity index (χ1) is 12.2. The summed E-state index contributed by atoms with van der Waals surface area (Å²) in [5.41, 5.74) is 3.23. The first-order valence-corrected chi connectivity index (χ1v) is 10.6. The fourth-order valence-electron chi connectivity index (χ4n) is 2.77. The molecule has 0 saturated heterocycles. The molecule has 2 aromatic carbocycles. The Balaban J connectivity index is 1.61. The van der Waals surface area contributed by atoms with Crippen molar-refractivity contribution in [2.24, 2.45) is 0 Å². The summed E-state index contributed by atoms with van der Waals surface area (Å²) >= 11 is 0. The maximum absolute atomic E-state index is 12.3. The molecule has 1 aliphatic heterocycles. The van der Waals surface area contributed by atoms with Crippen molar-refractivity contribution in [2.45, 2.75) is 44.1 Å². The molecule has 0 bridgehead atoms. The normalized spacial score (nSPS) is 14.3. The lowest BCUT2D eigenvalue weighted by Gasteiger charge is -2.19. The molecule has 2 aromatic rings. The van der Waals surface area contributed by atoms with E-state index in [1.807, 2.05) is 36.4 Å². The van der Waals surface area contributed by atoms with Crippen LogP contribution in [-0.4, -0.2) is 26.4 Å². The van der Waals surface area contributed by atoms with E-state index >= 15 is 0 Å². The molecule has 4 nitrogen and oxygen atoms in total. The summed E-state index contributed by atoms with van der Waals surface area (Å²) < 4.78 is 35.1. The number of ether oxygens (including phenoxy) is 2. The molecule has 0 spiro atoms. The molecule has 26 heavy (non-hydrogen) atoms. The van der Waals surface area contributed by atoms with Gasteiger partial charge in [-0.15, -0.1) is 0 Å². The Labute approximate surface area is 156 Å². The highest BCUT2D eigenvalue weighted by Gasteiger charge is 2.28. The van der Waals surface area contributed by atoms with Gasteiger partial charge in [-0.1, -0.05) is 30.3 Å². The van der Waals surface area contributed by atoms with Crippen LogP contribution < -0.4 is 9.47 Å². The second-order valence-corrected chi connectivity index (χ2v) is 10.4. The Morgan fingerprint density at radius 1 is 0.808 bits per heavy atom. The monoisotopic (exact) mass is 374 g/mol. The number of sulfone groups is 1. The lowest BCUT2D eigenvalue weighted by atomic mass is 10.0. The SMILES string of the molecule is CC(C)(C)S(=O)(=O)Cc1ccc(CCc2ccc3c(c2)OCCO3)cc1. The minimum Gasteiger partial charge on any atom is -0.486 e. The van der Waals surface area contributed by atoms with Crippen molar-refractivity contribution in [1.82, 2.24) is 0 Å². The molecule has 0 saturated carbocycles. The molecule has 5 heteroatoms. The smallest absolute Gasteiger partial charge is 0.161 e. The van der Waals surface area contributed by atoms with E-state index in [1.165, 1.54) is 11.1 Å². The van der Waals surface area contributed by atoms with Crippen molar-refractivity contribution in [3.63, 3.8) is 0 Å². The Morgan fingerprint density at radius 2 is 1.35 bits per heavy atom. The highest BCUT2D eigenvalue weighted by atomic mass is 32.2. The fourth-order valence-corrected chi connectivity index (χ4v) is 3.83. The standard InChI is InChI=1S/C21H26O4S/c1-21(2,3)26(22,23)15-18-8-5-16(6-9-18)4-7-17-10-11-19-20(14-17)25-13-12-24-19/h5-6,8-11,14H,4,7,12-13,15H2,1-3H3. The van der Waals surface area contributed by atoms with Gasteiger partial charge in [0.15, 0.2) is 21.3 Å². The molecule has 0 N–H and O–H groups in total. The van der Waals surface area contributed by atoms with Crippen molar-refractivity contribution in [1.29, 1.82) is 0 Å². The number of fused-ring (bicyclic) bond motifs is 1. The van der Waals surface area contributed by atoms with Gasteiger partial charge in [-0.25, -0.2) is 8.42 Å². The summed E-state index contributed by atoms with van der Waals surface area (Å²) in [5, 5.41) is 0. The third kappa shape index (κ3) is 4.39. The molecule has 1 aliphatic rings. The van der Waals surface area contributed by atoms with E-state index in [9.17, 15) is 8.42 Å². The van der Waals surface area contributed by atoms with Gasteiger partial charge in [0.25, 0.3) is 0 Å². The number of benzene rings is 2. The maximum atomic E-state index is 12.3. The molecule has 0 radical (unpaired) electrons. The minimum atomic E-state index is -3.15. The zero-order valence-electron chi connectivity index (χ0n) is 15.6. The zero-order chi connectivity index (χ0) is 18.8. The Morgan fingerprint density at radius 3 is 2.00 bits per heavy atom. The molecule has 0 aromatic heterocycles. The van der Waals surface area contributed by atoms with Crippen molar-refractivity contribution < 1.29 is 17.9 Å². The third-order valence-electron chi connectivity index (χ3n) is 4.62. The largest absolute Gasteiger partial charge is 0.486 e.